The van der Waals surface area contributed by atoms with Gasteiger partial charge in [-0.1, -0.05) is 51.3 Å². The third-order valence-electron chi connectivity index (χ3n) is 4.20. The number of imidazole rings is 1. The molecule has 0 radical (unpaired) electrons. The summed E-state index contributed by atoms with van der Waals surface area (Å²) >= 11 is 15.5. The maximum absolute atomic E-state index is 13.3. The molecule has 3 rings (SSSR count). The fourth-order valence-electron chi connectivity index (χ4n) is 2.79. The van der Waals surface area contributed by atoms with Gasteiger partial charge in [-0.3, -0.25) is 0 Å². The summed E-state index contributed by atoms with van der Waals surface area (Å²) in [5.41, 5.74) is 0.744. The Balaban J connectivity index is 2.14. The maximum Gasteiger partial charge on any atom is 0.245 e. The molecule has 0 N–H and O–H groups in total. The first-order valence-electron chi connectivity index (χ1n) is 7.87. The van der Waals surface area contributed by atoms with Crippen molar-refractivity contribution >= 4 is 49.2 Å². The zero-order valence-corrected chi connectivity index (χ0v) is 18.4. The summed E-state index contributed by atoms with van der Waals surface area (Å²) in [6, 6.07) is 11.1. The van der Waals surface area contributed by atoms with Crippen LogP contribution < -0.4 is 0 Å². The van der Waals surface area contributed by atoms with Crippen molar-refractivity contribution in [1.29, 1.82) is 0 Å². The van der Waals surface area contributed by atoms with Gasteiger partial charge >= 0.3 is 0 Å². The van der Waals surface area contributed by atoms with Gasteiger partial charge in [0, 0.05) is 36.0 Å². The second kappa shape index (κ2) is 7.93. The van der Waals surface area contributed by atoms with Gasteiger partial charge in [-0.25, -0.2) is 13.4 Å². The Kier molecular flexibility index (Phi) is 5.98. The molecule has 5 nitrogen and oxygen atoms in total. The van der Waals surface area contributed by atoms with Gasteiger partial charge in [-0.2, -0.15) is 4.31 Å². The lowest BCUT2D eigenvalue weighted by Crippen LogP contribution is -2.33. The van der Waals surface area contributed by atoms with E-state index in [2.05, 4.69) is 20.9 Å². The molecular formula is C18H16BrCl2N3O2S. The highest BCUT2D eigenvalue weighted by atomic mass is 79.9. The summed E-state index contributed by atoms with van der Waals surface area (Å²) in [5, 5.41) is 0.713. The van der Waals surface area contributed by atoms with Crippen LogP contribution in [-0.4, -0.2) is 29.3 Å². The zero-order chi connectivity index (χ0) is 19.8. The minimum Gasteiger partial charge on any atom is -0.336 e. The lowest BCUT2D eigenvalue weighted by atomic mass is 10.1. The van der Waals surface area contributed by atoms with Gasteiger partial charge in [-0.05, 0) is 35.9 Å². The van der Waals surface area contributed by atoms with E-state index in [0.29, 0.717) is 15.3 Å². The molecule has 0 saturated carbocycles. The number of halogens is 3. The minimum atomic E-state index is -3.89. The Morgan fingerprint density at radius 1 is 1.15 bits per heavy atom. The van der Waals surface area contributed by atoms with Crippen LogP contribution in [0.1, 0.15) is 17.4 Å². The molecule has 0 aliphatic carbocycles. The van der Waals surface area contributed by atoms with Crippen molar-refractivity contribution in [2.45, 2.75) is 10.9 Å². The Labute approximate surface area is 176 Å². The summed E-state index contributed by atoms with van der Waals surface area (Å²) in [6.07, 6.45) is 3.40. The fraction of sp³-hybridized carbons (Fsp3) is 0.167. The lowest BCUT2D eigenvalue weighted by molar-refractivity contribution is 0.398. The average molecular weight is 489 g/mol. The predicted molar refractivity (Wildman–Crippen MR) is 111 cm³/mol. The third kappa shape index (κ3) is 4.07. The molecule has 0 fully saturated rings. The van der Waals surface area contributed by atoms with E-state index in [-0.39, 0.29) is 9.92 Å². The van der Waals surface area contributed by atoms with Gasteiger partial charge in [-0.15, -0.1) is 0 Å². The molecular weight excluding hydrogens is 473 g/mol. The number of nitrogens with zero attached hydrogens (tertiary/aromatic N) is 3. The van der Waals surface area contributed by atoms with E-state index in [9.17, 15) is 8.42 Å². The Morgan fingerprint density at radius 3 is 2.37 bits per heavy atom. The van der Waals surface area contributed by atoms with E-state index in [1.54, 1.807) is 53.4 Å². The van der Waals surface area contributed by atoms with Crippen LogP contribution in [-0.2, 0) is 17.1 Å². The van der Waals surface area contributed by atoms with E-state index >= 15 is 0 Å². The number of hydrogen-bond acceptors (Lipinski definition) is 3. The topological polar surface area (TPSA) is 55.2 Å². The molecule has 1 heterocycles. The Bertz CT molecular complexity index is 1070. The summed E-state index contributed by atoms with van der Waals surface area (Å²) in [7, 11) is -0.559. The molecule has 0 amide bonds. The molecule has 0 aliphatic rings. The molecule has 9 heteroatoms. The first-order valence-corrected chi connectivity index (χ1v) is 10.9. The van der Waals surface area contributed by atoms with E-state index in [4.69, 9.17) is 23.2 Å². The molecule has 0 saturated heterocycles. The van der Waals surface area contributed by atoms with Crippen molar-refractivity contribution < 1.29 is 8.42 Å². The first-order chi connectivity index (χ1) is 12.7. The Morgan fingerprint density at radius 2 is 1.81 bits per heavy atom. The smallest absolute Gasteiger partial charge is 0.245 e. The highest BCUT2D eigenvalue weighted by molar-refractivity contribution is 9.10. The van der Waals surface area contributed by atoms with Crippen LogP contribution in [0.4, 0.5) is 0 Å². The summed E-state index contributed by atoms with van der Waals surface area (Å²) in [4.78, 5) is 4.39. The van der Waals surface area contributed by atoms with Crippen LogP contribution in [0.15, 0.2) is 64.2 Å². The highest BCUT2D eigenvalue weighted by Gasteiger charge is 2.34. The normalized spacial score (nSPS) is 13.1. The number of aryl methyl sites for hydroxylation is 1. The van der Waals surface area contributed by atoms with Crippen LogP contribution in [0.3, 0.4) is 0 Å². The van der Waals surface area contributed by atoms with Gasteiger partial charge in [0.2, 0.25) is 10.0 Å². The summed E-state index contributed by atoms with van der Waals surface area (Å²) in [5.74, 6) is 0.580. The number of hydrogen-bond donors (Lipinski definition) is 0. The van der Waals surface area contributed by atoms with Crippen LogP contribution >= 0.6 is 39.1 Å². The zero-order valence-electron chi connectivity index (χ0n) is 14.5. The number of aromatic nitrogens is 2. The van der Waals surface area contributed by atoms with Crippen LogP contribution in [0.5, 0.6) is 0 Å². The van der Waals surface area contributed by atoms with E-state index in [1.165, 1.54) is 17.4 Å². The molecule has 2 aromatic carbocycles. The van der Waals surface area contributed by atoms with E-state index < -0.39 is 16.1 Å². The molecule has 0 spiro atoms. The van der Waals surface area contributed by atoms with Gasteiger partial charge in [0.15, 0.2) is 0 Å². The summed E-state index contributed by atoms with van der Waals surface area (Å²) < 4.78 is 30.4. The van der Waals surface area contributed by atoms with Crippen molar-refractivity contribution in [3.05, 3.63) is 80.8 Å². The molecule has 1 aromatic heterocycles. The maximum atomic E-state index is 13.3. The number of sulfonamides is 1. The van der Waals surface area contributed by atoms with E-state index in [0.717, 1.165) is 5.56 Å². The molecule has 0 aliphatic heterocycles. The molecule has 1 unspecified atom stereocenters. The van der Waals surface area contributed by atoms with Crippen molar-refractivity contribution in [2.24, 2.45) is 7.05 Å². The van der Waals surface area contributed by atoms with Gasteiger partial charge in [0.25, 0.3) is 0 Å². The average Bonchev–Trinajstić information content (AvgIpc) is 3.02. The first kappa shape index (κ1) is 20.4. The number of rotatable bonds is 5. The van der Waals surface area contributed by atoms with Crippen molar-refractivity contribution in [1.82, 2.24) is 13.9 Å². The monoisotopic (exact) mass is 487 g/mol. The van der Waals surface area contributed by atoms with Crippen molar-refractivity contribution in [2.75, 3.05) is 7.05 Å². The highest BCUT2D eigenvalue weighted by Crippen LogP contribution is 2.34. The van der Waals surface area contributed by atoms with Crippen LogP contribution in [0.2, 0.25) is 10.0 Å². The molecule has 0 bridgehead atoms. The second-order valence-corrected chi connectivity index (χ2v) is 9.67. The second-order valence-electron chi connectivity index (χ2n) is 5.95. The Hall–Kier alpha value is -1.38. The van der Waals surface area contributed by atoms with Crippen LogP contribution in [0, 0.1) is 0 Å². The largest absolute Gasteiger partial charge is 0.336 e. The number of benzene rings is 2. The van der Waals surface area contributed by atoms with E-state index in [1.807, 2.05) is 7.05 Å². The SMILES string of the molecule is CN(C(c1ccc(Cl)cc1)c1nccn1C)S(=O)(=O)c1ccc(Br)cc1Cl. The summed E-state index contributed by atoms with van der Waals surface area (Å²) in [6.45, 7) is 0. The molecule has 1 atom stereocenters. The van der Waals surface area contributed by atoms with Crippen molar-refractivity contribution in [3.63, 3.8) is 0 Å². The standard InChI is InChI=1S/C18H16BrCl2N3O2S/c1-23-10-9-22-18(23)17(12-3-6-14(20)7-4-12)24(2)27(25,26)16-8-5-13(19)11-15(16)21/h3-11,17H,1-2H3. The van der Waals surface area contributed by atoms with Gasteiger partial charge in [0.1, 0.15) is 16.8 Å². The quantitative estimate of drug-likeness (QED) is 0.513. The molecule has 142 valence electrons. The minimum absolute atomic E-state index is 0.0306. The van der Waals surface area contributed by atoms with Crippen LogP contribution in [0.25, 0.3) is 0 Å². The lowest BCUT2D eigenvalue weighted by Gasteiger charge is -2.28. The molecule has 3 aromatic rings. The predicted octanol–water partition coefficient (Wildman–Crippen LogP) is 4.90. The van der Waals surface area contributed by atoms with Gasteiger partial charge in [0.05, 0.1) is 5.02 Å². The molecule has 27 heavy (non-hydrogen) atoms. The third-order valence-corrected chi connectivity index (χ3v) is 7.25. The van der Waals surface area contributed by atoms with Crippen molar-refractivity contribution in [3.8, 4) is 0 Å². The fourth-order valence-corrected chi connectivity index (χ4v) is 5.23. The van der Waals surface area contributed by atoms with Gasteiger partial charge < -0.3 is 4.57 Å².